The molecule has 2 aromatic carbocycles. The fourth-order valence-corrected chi connectivity index (χ4v) is 8.78. The number of carbonyl (C=O) groups excluding carboxylic acids is 3. The van der Waals surface area contributed by atoms with Crippen molar-refractivity contribution in [2.75, 3.05) is 14.1 Å². The Balaban J connectivity index is 1.10. The maximum absolute atomic E-state index is 13.8. The first-order valence-electron chi connectivity index (χ1n) is 19.0. The molecule has 0 radical (unpaired) electrons. The van der Waals surface area contributed by atoms with Gasteiger partial charge in [0.25, 0.3) is 0 Å². The highest BCUT2D eigenvalue weighted by Crippen LogP contribution is 2.53. The van der Waals surface area contributed by atoms with Crippen LogP contribution in [0.3, 0.4) is 0 Å². The van der Waals surface area contributed by atoms with Gasteiger partial charge in [-0.3, -0.25) is 14.4 Å². The zero-order chi connectivity index (χ0) is 39.7. The van der Waals surface area contributed by atoms with Crippen molar-refractivity contribution in [2.24, 2.45) is 0 Å². The summed E-state index contributed by atoms with van der Waals surface area (Å²) in [7, 11) is 3.76. The molecular weight excluding hydrogens is 718 g/mol. The average molecular weight is 770 g/mol. The number of rotatable bonds is 8. The Bertz CT molecular complexity index is 1820. The molecule has 0 aromatic heterocycles. The molecule has 13 unspecified atom stereocenters. The van der Waals surface area contributed by atoms with E-state index in [4.69, 9.17) is 28.4 Å². The van der Waals surface area contributed by atoms with Gasteiger partial charge in [0.1, 0.15) is 35.9 Å². The van der Waals surface area contributed by atoms with E-state index in [0.29, 0.717) is 12.8 Å². The smallest absolute Gasteiger partial charge is 0.201 e. The molecule has 3 saturated heterocycles. The lowest BCUT2D eigenvalue weighted by molar-refractivity contribution is -0.325. The van der Waals surface area contributed by atoms with Gasteiger partial charge >= 0.3 is 0 Å². The van der Waals surface area contributed by atoms with Gasteiger partial charge in [0.2, 0.25) is 5.78 Å². The van der Waals surface area contributed by atoms with E-state index in [0.717, 1.165) is 0 Å². The van der Waals surface area contributed by atoms with Gasteiger partial charge in [-0.2, -0.15) is 0 Å². The summed E-state index contributed by atoms with van der Waals surface area (Å²) in [6.45, 7) is 6.98. The van der Waals surface area contributed by atoms with Crippen molar-refractivity contribution in [1.29, 1.82) is 0 Å². The average Bonchev–Trinajstić information content (AvgIpc) is 3.13. The molecule has 7 rings (SSSR count). The molecule has 5 aliphatic rings. The molecule has 15 heteroatoms. The minimum absolute atomic E-state index is 0.0118. The maximum Gasteiger partial charge on any atom is 0.201 e. The summed E-state index contributed by atoms with van der Waals surface area (Å²) in [6.07, 6.45) is -7.77. The third-order valence-electron chi connectivity index (χ3n) is 12.0. The number of nitrogens with zero attached hydrogens (tertiary/aromatic N) is 1. The van der Waals surface area contributed by atoms with Crippen molar-refractivity contribution in [2.45, 2.75) is 146 Å². The minimum Gasteiger partial charge on any atom is -0.507 e. The number of Topliss-reactive ketones (excluding diaryl/α,β-unsaturated/α-hetero) is 1. The van der Waals surface area contributed by atoms with Gasteiger partial charge in [-0.25, -0.2) is 0 Å². The number of hydrogen-bond donors (Lipinski definition) is 5. The first kappa shape index (κ1) is 39.9. The zero-order valence-electron chi connectivity index (χ0n) is 31.8. The summed E-state index contributed by atoms with van der Waals surface area (Å²) >= 11 is 0. The molecule has 55 heavy (non-hydrogen) atoms. The van der Waals surface area contributed by atoms with E-state index in [2.05, 4.69) is 0 Å². The molecule has 3 heterocycles. The van der Waals surface area contributed by atoms with Gasteiger partial charge in [-0.15, -0.1) is 0 Å². The molecule has 2 aliphatic carbocycles. The number of phenolic OH excluding ortho intramolecular Hbond substituents is 2. The Morgan fingerprint density at radius 2 is 1.53 bits per heavy atom. The number of benzene rings is 2. The van der Waals surface area contributed by atoms with Crippen LogP contribution in [0.2, 0.25) is 0 Å². The summed E-state index contributed by atoms with van der Waals surface area (Å²) in [4.78, 5) is 41.2. The molecule has 0 saturated carbocycles. The summed E-state index contributed by atoms with van der Waals surface area (Å²) in [6, 6.07) is 5.16. The van der Waals surface area contributed by atoms with E-state index >= 15 is 0 Å². The van der Waals surface area contributed by atoms with Crippen molar-refractivity contribution >= 4 is 17.3 Å². The second-order valence-electron chi connectivity index (χ2n) is 15.7. The number of ether oxygens (including phenoxy) is 6. The van der Waals surface area contributed by atoms with Gasteiger partial charge in [0.15, 0.2) is 30.4 Å². The van der Waals surface area contributed by atoms with Crippen LogP contribution >= 0.6 is 0 Å². The monoisotopic (exact) mass is 769 g/mol. The molecule has 0 amide bonds. The Morgan fingerprint density at radius 1 is 0.855 bits per heavy atom. The van der Waals surface area contributed by atoms with Crippen molar-refractivity contribution in [1.82, 2.24) is 4.90 Å². The van der Waals surface area contributed by atoms with Crippen LogP contribution in [0.15, 0.2) is 24.3 Å². The van der Waals surface area contributed by atoms with E-state index in [1.54, 1.807) is 20.8 Å². The predicted molar refractivity (Wildman–Crippen MR) is 191 cm³/mol. The van der Waals surface area contributed by atoms with Crippen LogP contribution in [-0.2, 0) is 33.2 Å². The van der Waals surface area contributed by atoms with Crippen LogP contribution in [0.5, 0.6) is 11.5 Å². The Kier molecular flexibility index (Phi) is 11.0. The molecule has 2 aromatic rings. The zero-order valence-corrected chi connectivity index (χ0v) is 31.8. The summed E-state index contributed by atoms with van der Waals surface area (Å²) in [5.41, 5.74) is -2.33. The molecule has 3 fully saturated rings. The second kappa shape index (κ2) is 15.2. The number of aliphatic hydroxyl groups excluding tert-OH is 2. The fourth-order valence-electron chi connectivity index (χ4n) is 8.78. The topological polar surface area (TPSA) is 211 Å². The summed E-state index contributed by atoms with van der Waals surface area (Å²) < 4.78 is 37.3. The van der Waals surface area contributed by atoms with Crippen LogP contribution in [0.25, 0.3) is 0 Å². The normalized spacial score (nSPS) is 37.7. The van der Waals surface area contributed by atoms with Crippen molar-refractivity contribution in [3.05, 3.63) is 57.6 Å². The van der Waals surface area contributed by atoms with Gasteiger partial charge in [0, 0.05) is 54.8 Å². The number of likely N-dealkylation sites (N-methyl/N-ethyl adjacent to an activating group) is 1. The van der Waals surface area contributed by atoms with E-state index in [9.17, 15) is 39.9 Å². The lowest BCUT2D eigenvalue weighted by Crippen LogP contribution is -2.58. The first-order chi connectivity index (χ1) is 26.0. The first-order valence-corrected chi connectivity index (χ1v) is 19.0. The molecule has 0 bridgehead atoms. The Hall–Kier alpha value is -3.35. The highest BCUT2D eigenvalue weighted by atomic mass is 16.7. The van der Waals surface area contributed by atoms with Gasteiger partial charge in [-0.05, 0) is 59.0 Å². The molecule has 13 atom stereocenters. The third-order valence-corrected chi connectivity index (χ3v) is 12.0. The van der Waals surface area contributed by atoms with Gasteiger partial charge < -0.3 is 58.9 Å². The van der Waals surface area contributed by atoms with E-state index in [1.807, 2.05) is 25.9 Å². The SMILES string of the molecule is CCC1(O)CC(OC2CC(N(C)C)C(OC3CC(O)C(OC4CCC(=O)C(C)O4)C(C)O3)C(C)O2)c2c(cc3c(c2O)C(=O)c2c(O)cccc2C3=O)C1O. The minimum atomic E-state index is -1.71. The lowest BCUT2D eigenvalue weighted by atomic mass is 9.71. The number of carbonyl (C=O) groups is 3. The van der Waals surface area contributed by atoms with E-state index in [1.165, 1.54) is 24.3 Å². The number of phenols is 2. The van der Waals surface area contributed by atoms with Crippen LogP contribution in [0.1, 0.15) is 121 Å². The molecule has 15 nitrogen and oxygen atoms in total. The largest absolute Gasteiger partial charge is 0.507 e. The Morgan fingerprint density at radius 3 is 2.18 bits per heavy atom. The number of aromatic hydroxyl groups is 2. The molecular formula is C40H51NO14. The highest BCUT2D eigenvalue weighted by Gasteiger charge is 2.51. The second-order valence-corrected chi connectivity index (χ2v) is 15.7. The molecule has 0 spiro atoms. The van der Waals surface area contributed by atoms with Crippen LogP contribution < -0.4 is 0 Å². The van der Waals surface area contributed by atoms with E-state index in [-0.39, 0.29) is 70.9 Å². The number of aliphatic hydroxyl groups is 3. The van der Waals surface area contributed by atoms with Crippen LogP contribution in [0, 0.1) is 0 Å². The third kappa shape index (κ3) is 7.13. The Labute approximate surface area is 319 Å². The van der Waals surface area contributed by atoms with Crippen molar-refractivity contribution in [3.8, 4) is 11.5 Å². The highest BCUT2D eigenvalue weighted by molar-refractivity contribution is 6.30. The molecule has 5 N–H and O–H groups in total. The maximum atomic E-state index is 13.8. The fraction of sp³-hybridized carbons (Fsp3) is 0.625. The number of ketones is 3. The standard InChI is InChI=1S/C40H51NO14/c1-7-40(49)16-27(32-22(39(40)48)13-21-33(36(32)47)35(46)31-20(34(21)45)9-8-10-25(31)43)53-29-14-23(41(5)6)37(18(3)51-29)55-30-15-26(44)38(19(4)52-30)54-28-12-11-24(42)17(2)50-28/h8-10,13,17-19,23,26-30,37-39,43-44,47-49H,7,11-12,14-16H2,1-6H3. The van der Waals surface area contributed by atoms with E-state index < -0.39 is 96.4 Å². The summed E-state index contributed by atoms with van der Waals surface area (Å²) in [5, 5.41) is 56.5. The van der Waals surface area contributed by atoms with Gasteiger partial charge in [-0.1, -0.05) is 19.1 Å². The van der Waals surface area contributed by atoms with Crippen LogP contribution in [0.4, 0.5) is 0 Å². The van der Waals surface area contributed by atoms with Crippen molar-refractivity contribution in [3.63, 3.8) is 0 Å². The predicted octanol–water partition coefficient (Wildman–Crippen LogP) is 2.93. The number of hydrogen-bond acceptors (Lipinski definition) is 15. The quantitative estimate of drug-likeness (QED) is 0.223. The molecule has 300 valence electrons. The molecule has 3 aliphatic heterocycles. The van der Waals surface area contributed by atoms with Gasteiger partial charge in [0.05, 0.1) is 41.1 Å². The lowest BCUT2D eigenvalue weighted by Gasteiger charge is -2.48. The summed E-state index contributed by atoms with van der Waals surface area (Å²) in [5.74, 6) is -2.33. The van der Waals surface area contributed by atoms with Crippen LogP contribution in [-0.4, -0.2) is 129 Å². The number of fused-ring (bicyclic) bond motifs is 3. The van der Waals surface area contributed by atoms with Crippen molar-refractivity contribution < 1.29 is 68.3 Å².